The molecule has 0 heterocycles. The summed E-state index contributed by atoms with van der Waals surface area (Å²) in [6.07, 6.45) is 0. The van der Waals surface area contributed by atoms with Crippen LogP contribution in [0.3, 0.4) is 0 Å². The summed E-state index contributed by atoms with van der Waals surface area (Å²) in [5.41, 5.74) is 0. The summed E-state index contributed by atoms with van der Waals surface area (Å²) in [6.45, 7) is 0. The van der Waals surface area contributed by atoms with E-state index in [2.05, 4.69) is 0 Å². The van der Waals surface area contributed by atoms with Crippen molar-refractivity contribution in [3.63, 3.8) is 0 Å². The predicted molar refractivity (Wildman–Crippen MR) is 13.3 cm³/mol. The molecule has 0 fully saturated rings. The zero-order valence-corrected chi connectivity index (χ0v) is 5.36. The first-order valence-electron chi connectivity index (χ1n) is 0.676. The molecule has 0 aliphatic carbocycles. The Balaban J connectivity index is -0.00000000762. The molecule has 0 aromatic heterocycles. The van der Waals surface area contributed by atoms with Crippen LogP contribution in [-0.4, -0.2) is 21.2 Å². The first kappa shape index (κ1) is 34.8. The quantitative estimate of drug-likeness (QED) is 0.306. The molecule has 0 spiro atoms. The van der Waals surface area contributed by atoms with Crippen molar-refractivity contribution in [3.8, 4) is 0 Å². The standard InChI is InChI=1S/4FHO.Ti/c4*1-2;/h4*2H;. The summed E-state index contributed by atoms with van der Waals surface area (Å²) in [6, 6.07) is 0. The van der Waals surface area contributed by atoms with Crippen LogP contribution in [0.4, 0.5) is 18.1 Å². The third kappa shape index (κ3) is 4330. The Bertz CT molecular complexity index is 12.5. The van der Waals surface area contributed by atoms with E-state index in [0.29, 0.717) is 0 Å². The largest absolute Gasteiger partial charge is 0.209 e. The normalized spacial score (nSPS) is 2.67. The van der Waals surface area contributed by atoms with E-state index in [1.54, 1.807) is 0 Å². The van der Waals surface area contributed by atoms with E-state index in [0.717, 1.165) is 0 Å². The molecule has 0 saturated heterocycles. The molecule has 0 radical (unpaired) electrons. The third-order valence-corrected chi connectivity index (χ3v) is 0. The fourth-order valence-electron chi connectivity index (χ4n) is 0. The Labute approximate surface area is 61.8 Å². The van der Waals surface area contributed by atoms with Gasteiger partial charge in [-0.15, -0.1) is 0 Å². The molecule has 0 aromatic carbocycles. The maximum atomic E-state index is 8.50. The van der Waals surface area contributed by atoms with Gasteiger partial charge < -0.3 is 0 Å². The van der Waals surface area contributed by atoms with Gasteiger partial charge in [0.05, 0.1) is 0 Å². The maximum absolute atomic E-state index is 8.50. The van der Waals surface area contributed by atoms with Crippen molar-refractivity contribution in [1.82, 2.24) is 0 Å². The van der Waals surface area contributed by atoms with Crippen molar-refractivity contribution in [2.75, 3.05) is 0 Å². The summed E-state index contributed by atoms with van der Waals surface area (Å²) in [7, 11) is 0. The number of rotatable bonds is 0. The summed E-state index contributed by atoms with van der Waals surface area (Å²) in [4.78, 5) is 0. The van der Waals surface area contributed by atoms with E-state index in [-0.39, 0.29) is 21.7 Å². The molecule has 0 amide bonds. The number of halogens is 4. The van der Waals surface area contributed by atoms with E-state index in [4.69, 9.17) is 39.3 Å². The SMILES string of the molecule is OF.OF.OF.OF.[Ti]. The van der Waals surface area contributed by atoms with Gasteiger partial charge in [-0.3, -0.25) is 0 Å². The molecule has 60 valence electrons. The van der Waals surface area contributed by atoms with E-state index in [9.17, 15) is 0 Å². The van der Waals surface area contributed by atoms with Crippen LogP contribution in [0.5, 0.6) is 0 Å². The summed E-state index contributed by atoms with van der Waals surface area (Å²) >= 11 is 0. The van der Waals surface area contributed by atoms with Gasteiger partial charge in [0.15, 0.2) is 0 Å². The van der Waals surface area contributed by atoms with E-state index < -0.39 is 0 Å². The Morgan fingerprint density at radius 1 is 0.444 bits per heavy atom. The first-order valence-corrected chi connectivity index (χ1v) is 0.676. The molecular formula is H4F4O4Ti. The van der Waals surface area contributed by atoms with Crippen LogP contribution in [0.15, 0.2) is 0 Å². The van der Waals surface area contributed by atoms with Gasteiger partial charge in [-0.1, -0.05) is 18.1 Å². The maximum Gasteiger partial charge on any atom is 0 e. The first-order chi connectivity index (χ1) is 4.00. The minimum Gasteiger partial charge on any atom is -0.209 e. The van der Waals surface area contributed by atoms with Gasteiger partial charge in [0.2, 0.25) is 0 Å². The van der Waals surface area contributed by atoms with E-state index >= 15 is 0 Å². The molecule has 0 atom stereocenters. The topological polar surface area (TPSA) is 80.9 Å². The molecule has 0 rings (SSSR count). The molecule has 9 heteroatoms. The van der Waals surface area contributed by atoms with Crippen molar-refractivity contribution < 1.29 is 61.1 Å². The van der Waals surface area contributed by atoms with E-state index in [1.807, 2.05) is 0 Å². The molecule has 4 nitrogen and oxygen atoms in total. The fraction of sp³-hybridized carbons (Fsp3) is 0. The molecule has 0 aromatic rings. The zero-order valence-electron chi connectivity index (χ0n) is 3.80. The van der Waals surface area contributed by atoms with Gasteiger partial charge in [0.25, 0.3) is 0 Å². The van der Waals surface area contributed by atoms with Gasteiger partial charge >= 0.3 is 0 Å². The molecule has 0 bridgehead atoms. The van der Waals surface area contributed by atoms with Crippen LogP contribution in [0.2, 0.25) is 0 Å². The van der Waals surface area contributed by atoms with Crippen molar-refractivity contribution in [3.05, 3.63) is 0 Å². The van der Waals surface area contributed by atoms with Crippen LogP contribution < -0.4 is 0 Å². The van der Waals surface area contributed by atoms with Crippen molar-refractivity contribution in [2.24, 2.45) is 0 Å². The second-order valence-electron chi connectivity index (χ2n) is 0. The van der Waals surface area contributed by atoms with Gasteiger partial charge in [0.1, 0.15) is 0 Å². The van der Waals surface area contributed by atoms with Gasteiger partial charge in [-0.05, 0) is 0 Å². The molecule has 4 N–H and O–H groups in total. The Morgan fingerprint density at radius 3 is 0.444 bits per heavy atom. The average Bonchev–Trinajstić information content (AvgIpc) is 2.03. The Kier molecular flexibility index (Phi) is 22500. The Morgan fingerprint density at radius 2 is 0.444 bits per heavy atom. The van der Waals surface area contributed by atoms with Gasteiger partial charge in [-0.25, -0.2) is 21.2 Å². The van der Waals surface area contributed by atoms with Crippen LogP contribution in [-0.2, 0) is 21.7 Å². The second kappa shape index (κ2) is 5820. The Hall–Kier alpha value is 0.274. The van der Waals surface area contributed by atoms with Crippen LogP contribution in [0.1, 0.15) is 0 Å². The molecule has 0 unspecified atom stereocenters. The molecule has 9 heavy (non-hydrogen) atoms. The zero-order chi connectivity index (χ0) is 8.00. The van der Waals surface area contributed by atoms with Crippen molar-refractivity contribution in [1.29, 1.82) is 0 Å². The molecular weight excluding hydrogens is 188 g/mol. The minimum atomic E-state index is 0. The van der Waals surface area contributed by atoms with Crippen LogP contribution in [0.25, 0.3) is 0 Å². The minimum absolute atomic E-state index is 0. The fourth-order valence-corrected chi connectivity index (χ4v) is 0. The molecule has 0 saturated carbocycles. The average molecular weight is 192 g/mol. The number of hydrogen-bond donors (Lipinski definition) is 4. The summed E-state index contributed by atoms with van der Waals surface area (Å²) in [5.74, 6) is 0. The van der Waals surface area contributed by atoms with Gasteiger partial charge in [-0.2, -0.15) is 0 Å². The van der Waals surface area contributed by atoms with Crippen molar-refractivity contribution in [2.45, 2.75) is 0 Å². The molecule has 0 aliphatic rings. The summed E-state index contributed by atoms with van der Waals surface area (Å²) in [5, 5.41) is 22.0. The van der Waals surface area contributed by atoms with E-state index in [1.165, 1.54) is 0 Å². The molecule has 0 aliphatic heterocycles. The number of hydrogen-bond acceptors (Lipinski definition) is 4. The smallest absolute Gasteiger partial charge is 0 e. The van der Waals surface area contributed by atoms with Crippen LogP contribution in [0, 0.1) is 0 Å². The van der Waals surface area contributed by atoms with Gasteiger partial charge in [0, 0.05) is 21.7 Å². The third-order valence-electron chi connectivity index (χ3n) is 0. The monoisotopic (exact) mass is 192 g/mol. The van der Waals surface area contributed by atoms with Crippen LogP contribution >= 0.6 is 0 Å². The summed E-state index contributed by atoms with van der Waals surface area (Å²) < 4.78 is 34.0. The second-order valence-corrected chi connectivity index (χ2v) is 0. The predicted octanol–water partition coefficient (Wildman–Crippen LogP) is -0.550. The van der Waals surface area contributed by atoms with Crippen molar-refractivity contribution >= 4 is 0 Å².